The van der Waals surface area contributed by atoms with Crippen LogP contribution in [0.25, 0.3) is 0 Å². The molecule has 0 radical (unpaired) electrons. The molecule has 2 aromatic rings. The lowest BCUT2D eigenvalue weighted by Crippen LogP contribution is -2.38. The number of urea groups is 1. The van der Waals surface area contributed by atoms with Crippen LogP contribution in [0.3, 0.4) is 0 Å². The highest BCUT2D eigenvalue weighted by atomic mass is 16.5. The Morgan fingerprint density at radius 3 is 2.57 bits per heavy atom. The van der Waals surface area contributed by atoms with E-state index in [0.29, 0.717) is 18.8 Å². The highest BCUT2D eigenvalue weighted by Gasteiger charge is 2.09. The molecule has 0 aromatic heterocycles. The van der Waals surface area contributed by atoms with Crippen molar-refractivity contribution in [1.82, 2.24) is 10.2 Å². The summed E-state index contributed by atoms with van der Waals surface area (Å²) in [6, 6.07) is 15.2. The fourth-order valence-electron chi connectivity index (χ4n) is 2.04. The van der Waals surface area contributed by atoms with E-state index in [0.717, 1.165) is 11.3 Å². The van der Waals surface area contributed by atoms with Crippen LogP contribution >= 0.6 is 0 Å². The molecule has 0 aliphatic carbocycles. The number of aliphatic hydroxyl groups is 1. The summed E-state index contributed by atoms with van der Waals surface area (Å²) in [6.07, 6.45) is 0. The van der Waals surface area contributed by atoms with Crippen molar-refractivity contribution >= 4 is 6.03 Å². The summed E-state index contributed by atoms with van der Waals surface area (Å²) in [4.78, 5) is 13.3. The van der Waals surface area contributed by atoms with Crippen molar-refractivity contribution in [3.8, 4) is 11.5 Å². The molecule has 2 aromatic carbocycles. The van der Waals surface area contributed by atoms with Crippen molar-refractivity contribution in [1.29, 1.82) is 0 Å². The van der Waals surface area contributed by atoms with E-state index in [1.165, 1.54) is 10.5 Å². The molecule has 2 N–H and O–H groups in total. The molecule has 2 rings (SSSR count). The molecule has 5 heteroatoms. The SMILES string of the molecule is Cc1ccc(Oc2ccccc2CNC(=O)N(C)CCO)cc1. The van der Waals surface area contributed by atoms with Crippen LogP contribution in [0.15, 0.2) is 48.5 Å². The predicted octanol–water partition coefficient (Wildman–Crippen LogP) is 2.92. The maximum Gasteiger partial charge on any atom is 0.317 e. The van der Waals surface area contributed by atoms with Gasteiger partial charge >= 0.3 is 6.03 Å². The second-order valence-electron chi connectivity index (χ2n) is 5.33. The Labute approximate surface area is 136 Å². The number of rotatable bonds is 6. The molecule has 122 valence electrons. The second kappa shape index (κ2) is 8.19. The lowest BCUT2D eigenvalue weighted by molar-refractivity contribution is 0.190. The molecule has 0 bridgehead atoms. The Kier molecular flexibility index (Phi) is 6.00. The smallest absolute Gasteiger partial charge is 0.317 e. The van der Waals surface area contributed by atoms with Crippen molar-refractivity contribution < 1.29 is 14.6 Å². The van der Waals surface area contributed by atoms with Gasteiger partial charge in [0, 0.05) is 25.7 Å². The van der Waals surface area contributed by atoms with Crippen LogP contribution in [0.1, 0.15) is 11.1 Å². The van der Waals surface area contributed by atoms with Crippen LogP contribution in [0, 0.1) is 6.92 Å². The third kappa shape index (κ3) is 5.00. The van der Waals surface area contributed by atoms with Gasteiger partial charge in [-0.3, -0.25) is 0 Å². The Morgan fingerprint density at radius 1 is 1.17 bits per heavy atom. The van der Waals surface area contributed by atoms with E-state index >= 15 is 0 Å². The number of benzene rings is 2. The fourth-order valence-corrected chi connectivity index (χ4v) is 2.04. The molecule has 0 unspecified atom stereocenters. The summed E-state index contributed by atoms with van der Waals surface area (Å²) < 4.78 is 5.90. The standard InChI is InChI=1S/C18H22N2O3/c1-14-7-9-16(10-8-14)23-17-6-4-3-5-15(17)13-19-18(22)20(2)11-12-21/h3-10,21H,11-13H2,1-2H3,(H,19,22). The molecular formula is C18H22N2O3. The number of hydrogen-bond donors (Lipinski definition) is 2. The minimum atomic E-state index is -0.232. The highest BCUT2D eigenvalue weighted by Crippen LogP contribution is 2.25. The molecule has 0 saturated heterocycles. The molecule has 0 saturated carbocycles. The second-order valence-corrected chi connectivity index (χ2v) is 5.33. The summed E-state index contributed by atoms with van der Waals surface area (Å²) in [5, 5.41) is 11.7. The van der Waals surface area contributed by atoms with Crippen molar-refractivity contribution in [3.63, 3.8) is 0 Å². The number of hydrogen-bond acceptors (Lipinski definition) is 3. The Hall–Kier alpha value is -2.53. The Bertz CT molecular complexity index is 641. The van der Waals surface area contributed by atoms with E-state index in [2.05, 4.69) is 5.32 Å². The monoisotopic (exact) mass is 314 g/mol. The summed E-state index contributed by atoms with van der Waals surface area (Å²) in [5.41, 5.74) is 2.06. The lowest BCUT2D eigenvalue weighted by atomic mass is 10.2. The average molecular weight is 314 g/mol. The van der Waals surface area contributed by atoms with Crippen LogP contribution in [-0.4, -0.2) is 36.2 Å². The molecule has 23 heavy (non-hydrogen) atoms. The molecule has 0 aliphatic rings. The quantitative estimate of drug-likeness (QED) is 0.862. The third-order valence-electron chi connectivity index (χ3n) is 3.43. The number of amides is 2. The van der Waals surface area contributed by atoms with Crippen LogP contribution in [0.2, 0.25) is 0 Å². The molecular weight excluding hydrogens is 292 g/mol. The largest absolute Gasteiger partial charge is 0.457 e. The zero-order valence-electron chi connectivity index (χ0n) is 13.5. The van der Waals surface area contributed by atoms with Gasteiger partial charge in [0.15, 0.2) is 0 Å². The van der Waals surface area contributed by atoms with E-state index in [1.807, 2.05) is 55.5 Å². The number of ether oxygens (including phenoxy) is 1. The first-order chi connectivity index (χ1) is 11.1. The first kappa shape index (κ1) is 16.8. The van der Waals surface area contributed by atoms with Gasteiger partial charge in [0.2, 0.25) is 0 Å². The van der Waals surface area contributed by atoms with E-state index in [-0.39, 0.29) is 12.6 Å². The minimum absolute atomic E-state index is 0.0585. The molecule has 5 nitrogen and oxygen atoms in total. The van der Waals surface area contributed by atoms with Gasteiger partial charge in [0.05, 0.1) is 6.61 Å². The number of carbonyl (C=O) groups excluding carboxylic acids is 1. The van der Waals surface area contributed by atoms with Crippen LogP contribution in [0.4, 0.5) is 4.79 Å². The van der Waals surface area contributed by atoms with Gasteiger partial charge in [-0.25, -0.2) is 4.79 Å². The van der Waals surface area contributed by atoms with Gasteiger partial charge in [-0.15, -0.1) is 0 Å². The van der Waals surface area contributed by atoms with Crippen LogP contribution in [0.5, 0.6) is 11.5 Å². The van der Waals surface area contributed by atoms with Gasteiger partial charge in [0.25, 0.3) is 0 Å². The predicted molar refractivity (Wildman–Crippen MR) is 89.6 cm³/mol. The Balaban J connectivity index is 2.02. The van der Waals surface area contributed by atoms with Crippen LogP contribution in [-0.2, 0) is 6.54 Å². The maximum absolute atomic E-state index is 11.9. The number of aryl methyl sites for hydroxylation is 1. The van der Waals surface area contributed by atoms with Gasteiger partial charge in [-0.05, 0) is 25.1 Å². The van der Waals surface area contributed by atoms with Crippen molar-refractivity contribution in [2.24, 2.45) is 0 Å². The normalized spacial score (nSPS) is 10.2. The van der Waals surface area contributed by atoms with Gasteiger partial charge < -0.3 is 20.1 Å². The van der Waals surface area contributed by atoms with Gasteiger partial charge in [0.1, 0.15) is 11.5 Å². The molecule has 0 atom stereocenters. The van der Waals surface area contributed by atoms with Crippen molar-refractivity contribution in [2.45, 2.75) is 13.5 Å². The molecule has 0 heterocycles. The van der Waals surface area contributed by atoms with Gasteiger partial charge in [-0.1, -0.05) is 35.9 Å². The number of aliphatic hydroxyl groups excluding tert-OH is 1. The zero-order chi connectivity index (χ0) is 16.7. The number of para-hydroxylation sites is 1. The number of nitrogens with one attached hydrogen (secondary N) is 1. The molecule has 2 amide bonds. The topological polar surface area (TPSA) is 61.8 Å². The summed E-state index contributed by atoms with van der Waals surface area (Å²) >= 11 is 0. The van der Waals surface area contributed by atoms with Crippen molar-refractivity contribution in [2.75, 3.05) is 20.2 Å². The number of carbonyl (C=O) groups is 1. The third-order valence-corrected chi connectivity index (χ3v) is 3.43. The lowest BCUT2D eigenvalue weighted by Gasteiger charge is -2.17. The van der Waals surface area contributed by atoms with E-state index in [4.69, 9.17) is 9.84 Å². The van der Waals surface area contributed by atoms with Gasteiger partial charge in [-0.2, -0.15) is 0 Å². The summed E-state index contributed by atoms with van der Waals surface area (Å²) in [6.45, 7) is 2.62. The highest BCUT2D eigenvalue weighted by molar-refractivity contribution is 5.73. The van der Waals surface area contributed by atoms with Crippen LogP contribution < -0.4 is 10.1 Å². The molecule has 0 aliphatic heterocycles. The first-order valence-electron chi connectivity index (χ1n) is 7.52. The van der Waals surface area contributed by atoms with E-state index < -0.39 is 0 Å². The molecule has 0 fully saturated rings. The summed E-state index contributed by atoms with van der Waals surface area (Å²) in [7, 11) is 1.64. The van der Waals surface area contributed by atoms with Crippen molar-refractivity contribution in [3.05, 3.63) is 59.7 Å². The van der Waals surface area contributed by atoms with E-state index in [1.54, 1.807) is 7.05 Å². The molecule has 0 spiro atoms. The number of nitrogens with zero attached hydrogens (tertiary/aromatic N) is 1. The first-order valence-corrected chi connectivity index (χ1v) is 7.52. The fraction of sp³-hybridized carbons (Fsp3) is 0.278. The summed E-state index contributed by atoms with van der Waals surface area (Å²) in [5.74, 6) is 1.47. The maximum atomic E-state index is 11.9. The zero-order valence-corrected chi connectivity index (χ0v) is 13.5. The number of likely N-dealkylation sites (N-methyl/N-ethyl adjacent to an activating group) is 1. The Morgan fingerprint density at radius 2 is 1.87 bits per heavy atom. The minimum Gasteiger partial charge on any atom is -0.457 e. The van der Waals surface area contributed by atoms with E-state index in [9.17, 15) is 4.79 Å². The average Bonchev–Trinajstić information content (AvgIpc) is 2.56.